The number of ether oxygens (including phenoxy) is 1. The van der Waals surface area contributed by atoms with Crippen LogP contribution in [-0.2, 0) is 9.53 Å². The van der Waals surface area contributed by atoms with Gasteiger partial charge >= 0.3 is 0 Å². The summed E-state index contributed by atoms with van der Waals surface area (Å²) in [7, 11) is 0. The number of halogens is 1. The van der Waals surface area contributed by atoms with E-state index < -0.39 is 17.1 Å². The molecule has 3 atom stereocenters. The number of carbonyl (C=O) groups is 2. The molecule has 2 N–H and O–H groups in total. The predicted octanol–water partition coefficient (Wildman–Crippen LogP) is 0.980. The minimum Gasteiger partial charge on any atom is -0.386 e. The fourth-order valence-electron chi connectivity index (χ4n) is 4.34. The molecule has 2 amide bonds. The quantitative estimate of drug-likeness (QED) is 0.803. The second-order valence-corrected chi connectivity index (χ2v) is 8.07. The number of rotatable bonds is 4. The Balaban J connectivity index is 1.38. The minimum absolute atomic E-state index is 0.00921. The van der Waals surface area contributed by atoms with Gasteiger partial charge in [0.15, 0.2) is 5.69 Å². The minimum atomic E-state index is -1.19. The highest BCUT2D eigenvalue weighted by Gasteiger charge is 2.54. The number of likely N-dealkylation sites (tertiary alicyclic amines) is 1. The highest BCUT2D eigenvalue weighted by molar-refractivity contribution is 6.33. The van der Waals surface area contributed by atoms with Gasteiger partial charge in [-0.05, 0) is 38.0 Å². The van der Waals surface area contributed by atoms with E-state index in [1.807, 2.05) is 0 Å². The lowest BCUT2D eigenvalue weighted by molar-refractivity contribution is -0.160. The number of piperidine rings is 1. The molecule has 3 heterocycles. The Morgan fingerprint density at radius 1 is 1.46 bits per heavy atom. The van der Waals surface area contributed by atoms with Gasteiger partial charge in [0, 0.05) is 13.1 Å². The van der Waals surface area contributed by atoms with Gasteiger partial charge in [0.1, 0.15) is 16.9 Å². The second kappa shape index (κ2) is 6.51. The van der Waals surface area contributed by atoms with Crippen molar-refractivity contribution in [2.24, 2.45) is 5.92 Å². The Bertz CT molecular complexity index is 715. The Labute approximate surface area is 155 Å². The van der Waals surface area contributed by atoms with E-state index in [0.29, 0.717) is 31.9 Å². The summed E-state index contributed by atoms with van der Waals surface area (Å²) in [6.07, 6.45) is 4.90. The monoisotopic (exact) mass is 383 g/mol. The third-order valence-corrected chi connectivity index (χ3v) is 5.99. The molecule has 2 saturated heterocycles. The van der Waals surface area contributed by atoms with E-state index in [9.17, 15) is 14.7 Å². The molecule has 1 saturated carbocycles. The molecule has 8 nitrogen and oxygen atoms in total. The van der Waals surface area contributed by atoms with E-state index in [1.54, 1.807) is 4.90 Å². The molecule has 3 unspecified atom stereocenters. The van der Waals surface area contributed by atoms with Crippen LogP contribution in [0.25, 0.3) is 0 Å². The van der Waals surface area contributed by atoms with Crippen molar-refractivity contribution in [3.05, 3.63) is 17.0 Å². The van der Waals surface area contributed by atoms with Gasteiger partial charge in [0.05, 0.1) is 18.8 Å². The highest BCUT2D eigenvalue weighted by Crippen LogP contribution is 2.45. The van der Waals surface area contributed by atoms with Crippen molar-refractivity contribution < 1.29 is 24.0 Å². The number of nitrogens with zero attached hydrogens (tertiary/aromatic N) is 2. The first kappa shape index (κ1) is 17.8. The molecule has 4 rings (SSSR count). The number of hydrogen-bond donors (Lipinski definition) is 2. The van der Waals surface area contributed by atoms with Crippen LogP contribution in [0.15, 0.2) is 10.8 Å². The number of carbonyl (C=O) groups excluding carboxylic acids is 2. The summed E-state index contributed by atoms with van der Waals surface area (Å²) >= 11 is 5.82. The van der Waals surface area contributed by atoms with Gasteiger partial charge in [-0.15, -0.1) is 0 Å². The van der Waals surface area contributed by atoms with E-state index in [4.69, 9.17) is 16.3 Å². The fraction of sp³-hybridized carbons (Fsp3) is 0.706. The van der Waals surface area contributed by atoms with Gasteiger partial charge in [-0.2, -0.15) is 0 Å². The molecule has 26 heavy (non-hydrogen) atoms. The fourth-order valence-corrected chi connectivity index (χ4v) is 4.50. The van der Waals surface area contributed by atoms with Crippen LogP contribution in [0.5, 0.6) is 0 Å². The summed E-state index contributed by atoms with van der Waals surface area (Å²) in [5.74, 6) is -0.0624. The first-order valence-electron chi connectivity index (χ1n) is 8.95. The second-order valence-electron chi connectivity index (χ2n) is 7.66. The molecule has 1 aliphatic carbocycles. The number of β-amino-alcohol motifs (C(OH)–C–C–N with tert-alkyl or cyclic N) is 1. The van der Waals surface area contributed by atoms with Crippen LogP contribution in [0.1, 0.15) is 42.6 Å². The topological polar surface area (TPSA) is 105 Å². The molecule has 2 bridgehead atoms. The average molecular weight is 384 g/mol. The molecular formula is C17H22ClN3O5. The number of nitrogens with one attached hydrogen (secondary N) is 1. The molecule has 2 aliphatic heterocycles. The van der Waals surface area contributed by atoms with E-state index in [2.05, 4.69) is 15.0 Å². The summed E-state index contributed by atoms with van der Waals surface area (Å²) in [5.41, 5.74) is -1.90. The predicted molar refractivity (Wildman–Crippen MR) is 90.6 cm³/mol. The van der Waals surface area contributed by atoms with Crippen molar-refractivity contribution >= 4 is 23.4 Å². The van der Waals surface area contributed by atoms with Crippen molar-refractivity contribution in [3.63, 3.8) is 0 Å². The van der Waals surface area contributed by atoms with Gasteiger partial charge in [-0.1, -0.05) is 16.8 Å². The number of hydrogen-bond acceptors (Lipinski definition) is 6. The van der Waals surface area contributed by atoms with Gasteiger partial charge in [-0.3, -0.25) is 9.59 Å². The Morgan fingerprint density at radius 2 is 2.31 bits per heavy atom. The van der Waals surface area contributed by atoms with Crippen molar-refractivity contribution in [1.29, 1.82) is 0 Å². The summed E-state index contributed by atoms with van der Waals surface area (Å²) < 4.78 is 10.5. The average Bonchev–Trinajstić information content (AvgIpc) is 3.35. The number of fused-ring (bicyclic) bond motifs is 2. The van der Waals surface area contributed by atoms with Crippen LogP contribution in [0.3, 0.4) is 0 Å². The van der Waals surface area contributed by atoms with Crippen LogP contribution in [-0.4, -0.2) is 64.4 Å². The first-order valence-corrected chi connectivity index (χ1v) is 9.32. The Hall–Kier alpha value is -1.64. The molecule has 9 heteroatoms. The molecule has 1 aromatic rings. The Morgan fingerprint density at radius 3 is 2.92 bits per heavy atom. The Kier molecular flexibility index (Phi) is 4.45. The number of aliphatic hydroxyl groups is 1. The zero-order valence-electron chi connectivity index (χ0n) is 14.4. The largest absolute Gasteiger partial charge is 0.386 e. The third-order valence-electron chi connectivity index (χ3n) is 5.72. The first-order chi connectivity index (χ1) is 12.4. The maximum absolute atomic E-state index is 13.0. The molecule has 0 radical (unpaired) electrons. The van der Waals surface area contributed by atoms with E-state index >= 15 is 0 Å². The number of amides is 2. The van der Waals surface area contributed by atoms with Crippen molar-refractivity contribution in [3.8, 4) is 0 Å². The van der Waals surface area contributed by atoms with Gasteiger partial charge < -0.3 is 24.6 Å². The highest BCUT2D eigenvalue weighted by atomic mass is 35.5. The van der Waals surface area contributed by atoms with Crippen LogP contribution >= 0.6 is 11.6 Å². The van der Waals surface area contributed by atoms with Crippen molar-refractivity contribution in [2.45, 2.75) is 43.3 Å². The van der Waals surface area contributed by atoms with Gasteiger partial charge in [0.2, 0.25) is 0 Å². The normalized spacial score (nSPS) is 33.5. The third kappa shape index (κ3) is 3.10. The van der Waals surface area contributed by atoms with E-state index in [0.717, 1.165) is 19.3 Å². The SMILES string of the molecule is O=C(NCC1(O)CCCN(C(=O)C23CCC(CO2)C3)C1)c1nocc1Cl. The zero-order valence-corrected chi connectivity index (χ0v) is 15.1. The smallest absolute Gasteiger partial charge is 0.275 e. The molecule has 3 aliphatic rings. The van der Waals surface area contributed by atoms with E-state index in [1.165, 1.54) is 6.26 Å². The molecule has 0 spiro atoms. The van der Waals surface area contributed by atoms with Crippen molar-refractivity contribution in [1.82, 2.24) is 15.4 Å². The molecular weight excluding hydrogens is 362 g/mol. The summed E-state index contributed by atoms with van der Waals surface area (Å²) in [5, 5.41) is 17.2. The van der Waals surface area contributed by atoms with Crippen LogP contribution in [0.2, 0.25) is 5.02 Å². The summed E-state index contributed by atoms with van der Waals surface area (Å²) in [6.45, 7) is 1.43. The molecule has 142 valence electrons. The summed E-state index contributed by atoms with van der Waals surface area (Å²) in [6, 6.07) is 0. The van der Waals surface area contributed by atoms with Gasteiger partial charge in [-0.25, -0.2) is 0 Å². The standard InChI is InChI=1S/C17H22ClN3O5/c18-12-8-26-20-13(12)14(22)19-9-16(24)3-1-5-21(10-16)15(23)17-4-2-11(6-17)7-25-17/h8,11,24H,1-7,9-10H2,(H,19,22). The lowest BCUT2D eigenvalue weighted by atomic mass is 9.90. The molecule has 0 aromatic carbocycles. The van der Waals surface area contributed by atoms with E-state index in [-0.39, 0.29) is 29.7 Å². The molecule has 3 fully saturated rings. The maximum atomic E-state index is 13.0. The maximum Gasteiger partial charge on any atom is 0.275 e. The molecule has 1 aromatic heterocycles. The van der Waals surface area contributed by atoms with Crippen molar-refractivity contribution in [2.75, 3.05) is 26.2 Å². The van der Waals surface area contributed by atoms with Gasteiger partial charge in [0.25, 0.3) is 11.8 Å². The lowest BCUT2D eigenvalue weighted by Crippen LogP contribution is -2.59. The van der Waals surface area contributed by atoms with Crippen LogP contribution in [0, 0.1) is 5.92 Å². The number of aromatic nitrogens is 1. The van der Waals surface area contributed by atoms with Crippen LogP contribution in [0.4, 0.5) is 0 Å². The zero-order chi connectivity index (χ0) is 18.4. The lowest BCUT2D eigenvalue weighted by Gasteiger charge is -2.42. The summed E-state index contributed by atoms with van der Waals surface area (Å²) in [4.78, 5) is 26.8. The van der Waals surface area contributed by atoms with Crippen LogP contribution < -0.4 is 5.32 Å².